The third-order valence-corrected chi connectivity index (χ3v) is 2.05. The molecule has 0 amide bonds. The average molecular weight is 280 g/mol. The number of alkyl halides is 5. The number of ether oxygens (including phenoxy) is 1. The first kappa shape index (κ1) is 14.8. The molecule has 0 aliphatic carbocycles. The summed E-state index contributed by atoms with van der Waals surface area (Å²) in [4.78, 5) is 13.9. The SMILES string of the molecule is COC(=O)c1cc(C(F)F)nc(C(F)(F)F)c1C#N. The monoisotopic (exact) mass is 280 g/mol. The lowest BCUT2D eigenvalue weighted by Gasteiger charge is -2.12. The molecule has 0 spiro atoms. The number of carbonyl (C=O) groups is 1. The highest BCUT2D eigenvalue weighted by molar-refractivity contribution is 5.92. The number of nitrogens with zero attached hydrogens (tertiary/aromatic N) is 2. The Morgan fingerprint density at radius 2 is 2.05 bits per heavy atom. The molecule has 0 aliphatic heterocycles. The second-order valence-corrected chi connectivity index (χ2v) is 3.22. The Labute approximate surface area is 103 Å². The van der Waals surface area contributed by atoms with E-state index in [0.29, 0.717) is 6.07 Å². The minimum absolute atomic E-state index is 0.407. The van der Waals surface area contributed by atoms with Crippen molar-refractivity contribution < 1.29 is 31.5 Å². The van der Waals surface area contributed by atoms with Gasteiger partial charge in [0, 0.05) is 0 Å². The average Bonchev–Trinajstić information content (AvgIpc) is 2.34. The zero-order valence-corrected chi connectivity index (χ0v) is 9.26. The summed E-state index contributed by atoms with van der Waals surface area (Å²) in [6.07, 6.45) is -8.46. The highest BCUT2D eigenvalue weighted by Crippen LogP contribution is 2.33. The van der Waals surface area contributed by atoms with Crippen molar-refractivity contribution in [2.75, 3.05) is 7.11 Å². The number of aromatic nitrogens is 1. The minimum atomic E-state index is -5.14. The molecule has 9 heteroatoms. The van der Waals surface area contributed by atoms with E-state index in [1.807, 2.05) is 0 Å². The predicted octanol–water partition coefficient (Wildman–Crippen LogP) is 2.70. The van der Waals surface area contributed by atoms with Crippen LogP contribution in [0.1, 0.15) is 33.7 Å². The largest absolute Gasteiger partial charge is 0.465 e. The van der Waals surface area contributed by atoms with Crippen molar-refractivity contribution in [1.29, 1.82) is 5.26 Å². The van der Waals surface area contributed by atoms with E-state index in [9.17, 15) is 26.7 Å². The van der Waals surface area contributed by atoms with Crippen LogP contribution in [0.15, 0.2) is 6.07 Å². The smallest absolute Gasteiger partial charge is 0.434 e. The van der Waals surface area contributed by atoms with Gasteiger partial charge in [0.2, 0.25) is 0 Å². The molecule has 0 radical (unpaired) electrons. The molecule has 0 atom stereocenters. The Hall–Kier alpha value is -2.24. The van der Waals surface area contributed by atoms with E-state index in [4.69, 9.17) is 5.26 Å². The van der Waals surface area contributed by atoms with Gasteiger partial charge in [0.15, 0.2) is 5.69 Å². The van der Waals surface area contributed by atoms with Gasteiger partial charge in [-0.25, -0.2) is 18.6 Å². The lowest BCUT2D eigenvalue weighted by atomic mass is 10.1. The molecular formula is C10H5F5N2O2. The van der Waals surface area contributed by atoms with Gasteiger partial charge in [-0.1, -0.05) is 0 Å². The predicted molar refractivity (Wildman–Crippen MR) is 50.3 cm³/mol. The lowest BCUT2D eigenvalue weighted by Crippen LogP contribution is -2.17. The molecule has 0 N–H and O–H groups in total. The van der Waals surface area contributed by atoms with Crippen LogP contribution in [-0.2, 0) is 10.9 Å². The summed E-state index contributed by atoms with van der Waals surface area (Å²) in [6, 6.07) is 1.53. The molecule has 0 bridgehead atoms. The summed E-state index contributed by atoms with van der Waals surface area (Å²) in [5, 5.41) is 8.65. The van der Waals surface area contributed by atoms with Crippen LogP contribution in [0.25, 0.3) is 0 Å². The zero-order valence-electron chi connectivity index (χ0n) is 9.26. The first-order valence-corrected chi connectivity index (χ1v) is 4.61. The van der Waals surface area contributed by atoms with Crippen molar-refractivity contribution in [2.24, 2.45) is 0 Å². The molecule has 1 aromatic heterocycles. The summed E-state index contributed by atoms with van der Waals surface area (Å²) < 4.78 is 66.9. The van der Waals surface area contributed by atoms with Crippen LogP contribution in [0, 0.1) is 11.3 Å². The van der Waals surface area contributed by atoms with E-state index < -0.39 is 41.1 Å². The summed E-state index contributed by atoms with van der Waals surface area (Å²) in [5.41, 5.74) is -5.15. The van der Waals surface area contributed by atoms with Crippen LogP contribution in [0.3, 0.4) is 0 Å². The van der Waals surface area contributed by atoms with Gasteiger partial charge >= 0.3 is 12.1 Å². The molecule has 19 heavy (non-hydrogen) atoms. The zero-order chi connectivity index (χ0) is 14.8. The Balaban J connectivity index is 3.68. The lowest BCUT2D eigenvalue weighted by molar-refractivity contribution is -0.141. The fourth-order valence-corrected chi connectivity index (χ4v) is 1.27. The van der Waals surface area contributed by atoms with Gasteiger partial charge < -0.3 is 4.74 Å². The molecule has 1 aromatic rings. The number of methoxy groups -OCH3 is 1. The van der Waals surface area contributed by atoms with E-state index >= 15 is 0 Å². The highest BCUT2D eigenvalue weighted by Gasteiger charge is 2.39. The second kappa shape index (κ2) is 5.17. The van der Waals surface area contributed by atoms with Crippen LogP contribution >= 0.6 is 0 Å². The standard InChI is InChI=1S/C10H5F5N2O2/c1-19-9(18)4-2-6(8(11)12)17-7(5(4)3-16)10(13,14)15/h2,8H,1H3. The van der Waals surface area contributed by atoms with E-state index in [2.05, 4.69) is 9.72 Å². The molecule has 0 unspecified atom stereocenters. The molecule has 0 saturated carbocycles. The molecular weight excluding hydrogens is 275 g/mol. The first-order chi connectivity index (χ1) is 8.72. The van der Waals surface area contributed by atoms with Gasteiger partial charge in [-0.15, -0.1) is 0 Å². The normalized spacial score (nSPS) is 11.3. The van der Waals surface area contributed by atoms with Crippen LogP contribution in [0.2, 0.25) is 0 Å². The van der Waals surface area contributed by atoms with Crippen molar-refractivity contribution in [1.82, 2.24) is 4.98 Å². The van der Waals surface area contributed by atoms with Gasteiger partial charge in [-0.05, 0) is 6.07 Å². The number of nitriles is 1. The molecule has 0 fully saturated rings. The molecule has 0 aliphatic rings. The fraction of sp³-hybridized carbons (Fsp3) is 0.300. The van der Waals surface area contributed by atoms with Crippen molar-refractivity contribution >= 4 is 5.97 Å². The Kier molecular flexibility index (Phi) is 4.04. The van der Waals surface area contributed by atoms with Gasteiger partial charge in [0.1, 0.15) is 11.8 Å². The van der Waals surface area contributed by atoms with Crippen LogP contribution < -0.4 is 0 Å². The number of halogens is 5. The molecule has 1 heterocycles. The molecule has 4 nitrogen and oxygen atoms in total. The summed E-state index contributed by atoms with van der Waals surface area (Å²) in [5.74, 6) is -1.33. The minimum Gasteiger partial charge on any atom is -0.465 e. The van der Waals surface area contributed by atoms with Crippen molar-refractivity contribution in [3.63, 3.8) is 0 Å². The second-order valence-electron chi connectivity index (χ2n) is 3.22. The van der Waals surface area contributed by atoms with Crippen LogP contribution in [-0.4, -0.2) is 18.1 Å². The first-order valence-electron chi connectivity index (χ1n) is 4.61. The summed E-state index contributed by atoms with van der Waals surface area (Å²) >= 11 is 0. The molecule has 1 rings (SSSR count). The number of hydrogen-bond donors (Lipinski definition) is 0. The van der Waals surface area contributed by atoms with Crippen molar-refractivity contribution in [2.45, 2.75) is 12.6 Å². The summed E-state index contributed by atoms with van der Waals surface area (Å²) in [7, 11) is 0.846. The number of pyridine rings is 1. The Morgan fingerprint density at radius 1 is 1.47 bits per heavy atom. The summed E-state index contributed by atoms with van der Waals surface area (Å²) in [6.45, 7) is 0. The van der Waals surface area contributed by atoms with Crippen LogP contribution in [0.4, 0.5) is 22.0 Å². The molecule has 102 valence electrons. The molecule has 0 saturated heterocycles. The van der Waals surface area contributed by atoms with Gasteiger partial charge in [0.25, 0.3) is 6.43 Å². The number of carbonyl (C=O) groups excluding carboxylic acids is 1. The van der Waals surface area contributed by atoms with Crippen molar-refractivity contribution in [3.8, 4) is 6.07 Å². The maximum Gasteiger partial charge on any atom is 0.434 e. The third-order valence-electron chi connectivity index (χ3n) is 2.05. The topological polar surface area (TPSA) is 63.0 Å². The van der Waals surface area contributed by atoms with Gasteiger partial charge in [-0.3, -0.25) is 0 Å². The Bertz CT molecular complexity index is 548. The van der Waals surface area contributed by atoms with Gasteiger partial charge in [-0.2, -0.15) is 18.4 Å². The van der Waals surface area contributed by atoms with E-state index in [0.717, 1.165) is 13.2 Å². The van der Waals surface area contributed by atoms with Gasteiger partial charge in [0.05, 0.1) is 18.2 Å². The van der Waals surface area contributed by atoms with E-state index in [1.165, 1.54) is 0 Å². The number of esters is 1. The Morgan fingerprint density at radius 3 is 2.42 bits per heavy atom. The van der Waals surface area contributed by atoms with E-state index in [1.54, 1.807) is 0 Å². The number of rotatable bonds is 2. The maximum atomic E-state index is 12.6. The fourth-order valence-electron chi connectivity index (χ4n) is 1.27. The third kappa shape index (κ3) is 2.96. The van der Waals surface area contributed by atoms with E-state index in [-0.39, 0.29) is 0 Å². The molecule has 0 aromatic carbocycles. The highest BCUT2D eigenvalue weighted by atomic mass is 19.4. The van der Waals surface area contributed by atoms with Crippen molar-refractivity contribution in [3.05, 3.63) is 28.6 Å². The quantitative estimate of drug-likeness (QED) is 0.617. The maximum absolute atomic E-state index is 12.6. The number of hydrogen-bond acceptors (Lipinski definition) is 4. The van der Waals surface area contributed by atoms with Crippen LogP contribution in [0.5, 0.6) is 0 Å².